The fourth-order valence-electron chi connectivity index (χ4n) is 3.91. The normalized spacial score (nSPS) is 16.3. The Morgan fingerprint density at radius 2 is 2.07 bits per heavy atom. The molecule has 0 aliphatic carbocycles. The average Bonchev–Trinajstić information content (AvgIpc) is 3.37. The number of anilines is 1. The maximum atomic E-state index is 12.9. The molecule has 1 aliphatic rings. The molecule has 154 valence electrons. The van der Waals surface area contributed by atoms with E-state index in [1.54, 1.807) is 6.20 Å². The van der Waals surface area contributed by atoms with Crippen molar-refractivity contribution in [3.8, 4) is 0 Å². The van der Waals surface area contributed by atoms with E-state index >= 15 is 0 Å². The number of para-hydroxylation sites is 1. The summed E-state index contributed by atoms with van der Waals surface area (Å²) >= 11 is 1.50. The number of hydrogen-bond acceptors (Lipinski definition) is 5. The molecule has 1 saturated heterocycles. The predicted octanol–water partition coefficient (Wildman–Crippen LogP) is 3.52. The Labute approximate surface area is 175 Å². The minimum absolute atomic E-state index is 0.0128. The highest BCUT2D eigenvalue weighted by Gasteiger charge is 2.21. The van der Waals surface area contributed by atoms with Crippen LogP contribution in [0.3, 0.4) is 0 Å². The number of fused-ring (bicyclic) bond motifs is 1. The molecule has 1 unspecified atom stereocenters. The van der Waals surface area contributed by atoms with Crippen molar-refractivity contribution in [3.05, 3.63) is 47.1 Å². The number of aromatic nitrogens is 2. The van der Waals surface area contributed by atoms with E-state index in [0.29, 0.717) is 4.88 Å². The minimum atomic E-state index is -0.0128. The van der Waals surface area contributed by atoms with Crippen molar-refractivity contribution in [2.75, 3.05) is 38.1 Å². The van der Waals surface area contributed by atoms with Crippen molar-refractivity contribution in [1.29, 1.82) is 0 Å². The summed E-state index contributed by atoms with van der Waals surface area (Å²) in [6, 6.07) is 8.43. The molecule has 3 heterocycles. The zero-order valence-electron chi connectivity index (χ0n) is 17.1. The van der Waals surface area contributed by atoms with E-state index in [1.165, 1.54) is 22.3 Å². The molecule has 0 bridgehead atoms. The Hall–Kier alpha value is -2.38. The Balaban J connectivity index is 1.42. The van der Waals surface area contributed by atoms with Gasteiger partial charge in [0.25, 0.3) is 5.91 Å². The molecule has 7 heteroatoms. The molecular formula is C22H29N5OS. The Morgan fingerprint density at radius 1 is 1.28 bits per heavy atom. The van der Waals surface area contributed by atoms with Crippen LogP contribution in [-0.4, -0.2) is 60.0 Å². The summed E-state index contributed by atoms with van der Waals surface area (Å²) in [5, 5.41) is 5.44. The number of H-pyrrole nitrogens is 1. The van der Waals surface area contributed by atoms with Gasteiger partial charge in [0, 0.05) is 49.3 Å². The first-order valence-corrected chi connectivity index (χ1v) is 11.2. The van der Waals surface area contributed by atoms with Gasteiger partial charge in [-0.2, -0.15) is 0 Å². The summed E-state index contributed by atoms with van der Waals surface area (Å²) in [5.74, 6) is -0.0128. The average molecular weight is 412 g/mol. The number of aromatic amines is 1. The largest absolute Gasteiger partial charge is 0.361 e. The van der Waals surface area contributed by atoms with Gasteiger partial charge in [-0.05, 0) is 31.5 Å². The van der Waals surface area contributed by atoms with Crippen LogP contribution < -0.4 is 10.2 Å². The second-order valence-corrected chi connectivity index (χ2v) is 8.83. The number of carbonyl (C=O) groups excluding carboxylic acids is 1. The second kappa shape index (κ2) is 8.97. The number of carbonyl (C=O) groups is 1. The number of likely N-dealkylation sites (N-methyl/N-ethyl adjacent to an activating group) is 1. The standard InChI is InChI=1S/C22H29N5OS/c1-3-6-17(13-16-14-23-19-8-5-4-7-18(16)19)25-21(28)20-15-24-22(29-20)27-11-9-26(2)10-12-27/h4-5,7-8,14-15,17,23H,3,6,9-13H2,1-2H3,(H,25,28). The monoisotopic (exact) mass is 411 g/mol. The first-order chi connectivity index (χ1) is 14.1. The first-order valence-electron chi connectivity index (χ1n) is 10.4. The number of thiazole rings is 1. The van der Waals surface area contributed by atoms with Gasteiger partial charge in [-0.15, -0.1) is 0 Å². The van der Waals surface area contributed by atoms with Crippen LogP contribution in [-0.2, 0) is 6.42 Å². The van der Waals surface area contributed by atoms with Gasteiger partial charge in [0.1, 0.15) is 4.88 Å². The fourth-order valence-corrected chi connectivity index (χ4v) is 4.78. The number of hydrogen-bond donors (Lipinski definition) is 2. The van der Waals surface area contributed by atoms with Gasteiger partial charge in [-0.3, -0.25) is 4.79 Å². The van der Waals surface area contributed by atoms with Gasteiger partial charge >= 0.3 is 0 Å². The predicted molar refractivity (Wildman–Crippen MR) is 120 cm³/mol. The molecule has 29 heavy (non-hydrogen) atoms. The quantitative estimate of drug-likeness (QED) is 0.624. The molecule has 3 aromatic rings. The molecule has 1 amide bonds. The second-order valence-electron chi connectivity index (χ2n) is 7.82. The van der Waals surface area contributed by atoms with E-state index in [2.05, 4.69) is 63.5 Å². The lowest BCUT2D eigenvalue weighted by Crippen LogP contribution is -2.44. The highest BCUT2D eigenvalue weighted by Crippen LogP contribution is 2.24. The van der Waals surface area contributed by atoms with Crippen molar-refractivity contribution < 1.29 is 4.79 Å². The van der Waals surface area contributed by atoms with Gasteiger partial charge in [-0.1, -0.05) is 42.9 Å². The molecule has 0 saturated carbocycles. The van der Waals surface area contributed by atoms with Gasteiger partial charge in [0.05, 0.1) is 6.20 Å². The molecule has 1 aromatic carbocycles. The minimum Gasteiger partial charge on any atom is -0.361 e. The summed E-state index contributed by atoms with van der Waals surface area (Å²) in [4.78, 5) is 26.0. The van der Waals surface area contributed by atoms with Crippen LogP contribution in [0.25, 0.3) is 10.9 Å². The molecule has 2 N–H and O–H groups in total. The molecule has 6 nitrogen and oxygen atoms in total. The molecule has 0 radical (unpaired) electrons. The maximum Gasteiger partial charge on any atom is 0.263 e. The highest BCUT2D eigenvalue weighted by atomic mass is 32.1. The van der Waals surface area contributed by atoms with Crippen LogP contribution in [0.5, 0.6) is 0 Å². The number of nitrogens with zero attached hydrogens (tertiary/aromatic N) is 3. The van der Waals surface area contributed by atoms with Crippen LogP contribution in [0, 0.1) is 0 Å². The van der Waals surface area contributed by atoms with Crippen LogP contribution in [0.4, 0.5) is 5.13 Å². The molecule has 1 fully saturated rings. The Bertz CT molecular complexity index is 957. The molecule has 0 spiro atoms. The van der Waals surface area contributed by atoms with Crippen LogP contribution >= 0.6 is 11.3 Å². The maximum absolute atomic E-state index is 12.9. The summed E-state index contributed by atoms with van der Waals surface area (Å²) < 4.78 is 0. The van der Waals surface area contributed by atoms with Crippen LogP contribution in [0.15, 0.2) is 36.7 Å². The third kappa shape index (κ3) is 4.62. The lowest BCUT2D eigenvalue weighted by molar-refractivity contribution is 0.0938. The third-order valence-corrected chi connectivity index (χ3v) is 6.66. The van der Waals surface area contributed by atoms with Crippen molar-refractivity contribution in [2.45, 2.75) is 32.2 Å². The van der Waals surface area contributed by atoms with Crippen molar-refractivity contribution >= 4 is 33.3 Å². The summed E-state index contributed by atoms with van der Waals surface area (Å²) in [6.07, 6.45) is 6.60. The van der Waals surface area contributed by atoms with E-state index in [9.17, 15) is 4.79 Å². The fraction of sp³-hybridized carbons (Fsp3) is 0.455. The summed E-state index contributed by atoms with van der Waals surface area (Å²) in [5.41, 5.74) is 2.39. The van der Waals surface area contributed by atoms with E-state index in [0.717, 1.165) is 56.1 Å². The molecule has 2 aromatic heterocycles. The van der Waals surface area contributed by atoms with Crippen molar-refractivity contribution in [3.63, 3.8) is 0 Å². The van der Waals surface area contributed by atoms with E-state index < -0.39 is 0 Å². The molecular weight excluding hydrogens is 382 g/mol. The summed E-state index contributed by atoms with van der Waals surface area (Å²) in [7, 11) is 2.14. The number of nitrogens with one attached hydrogen (secondary N) is 2. The van der Waals surface area contributed by atoms with Gasteiger partial charge in [-0.25, -0.2) is 4.98 Å². The van der Waals surface area contributed by atoms with Crippen LogP contribution in [0.1, 0.15) is 35.0 Å². The van der Waals surface area contributed by atoms with E-state index in [1.807, 2.05) is 6.07 Å². The van der Waals surface area contributed by atoms with Gasteiger partial charge in [0.15, 0.2) is 5.13 Å². The van der Waals surface area contributed by atoms with Crippen LogP contribution in [0.2, 0.25) is 0 Å². The first kappa shape index (κ1) is 19.9. The third-order valence-electron chi connectivity index (χ3n) is 5.60. The summed E-state index contributed by atoms with van der Waals surface area (Å²) in [6.45, 7) is 6.15. The van der Waals surface area contributed by atoms with Crippen molar-refractivity contribution in [1.82, 2.24) is 20.2 Å². The topological polar surface area (TPSA) is 64.3 Å². The SMILES string of the molecule is CCCC(Cc1c[nH]c2ccccc12)NC(=O)c1cnc(N2CCN(C)CC2)s1. The molecule has 1 atom stereocenters. The highest BCUT2D eigenvalue weighted by molar-refractivity contribution is 7.17. The van der Waals surface area contributed by atoms with E-state index in [-0.39, 0.29) is 11.9 Å². The molecule has 4 rings (SSSR count). The number of rotatable bonds is 7. The zero-order chi connectivity index (χ0) is 20.2. The van der Waals surface area contributed by atoms with E-state index in [4.69, 9.17) is 0 Å². The van der Waals surface area contributed by atoms with Gasteiger partial charge < -0.3 is 20.1 Å². The Morgan fingerprint density at radius 3 is 2.86 bits per heavy atom. The zero-order valence-corrected chi connectivity index (χ0v) is 18.0. The van der Waals surface area contributed by atoms with Crippen molar-refractivity contribution in [2.24, 2.45) is 0 Å². The number of piperazine rings is 1. The lowest BCUT2D eigenvalue weighted by Gasteiger charge is -2.32. The van der Waals surface area contributed by atoms with Gasteiger partial charge in [0.2, 0.25) is 0 Å². The lowest BCUT2D eigenvalue weighted by atomic mass is 10.0. The molecule has 1 aliphatic heterocycles. The number of amides is 1. The smallest absolute Gasteiger partial charge is 0.263 e. The number of benzene rings is 1. The Kier molecular flexibility index (Phi) is 6.16.